The zero-order valence-corrected chi connectivity index (χ0v) is 23.8. The molecule has 10 heteroatoms. The van der Waals surface area contributed by atoms with Gasteiger partial charge < -0.3 is 14.8 Å². The van der Waals surface area contributed by atoms with Gasteiger partial charge in [-0.2, -0.15) is 4.31 Å². The highest BCUT2D eigenvalue weighted by molar-refractivity contribution is 7.89. The third kappa shape index (κ3) is 6.09. The third-order valence-electron chi connectivity index (χ3n) is 6.84. The van der Waals surface area contributed by atoms with E-state index in [1.807, 2.05) is 30.3 Å². The van der Waals surface area contributed by atoms with Crippen molar-refractivity contribution in [1.82, 2.24) is 9.29 Å². The fourth-order valence-electron chi connectivity index (χ4n) is 4.73. The molecule has 0 bridgehead atoms. The molecule has 0 aliphatic heterocycles. The molecule has 2 N–H and O–H groups in total. The Morgan fingerprint density at radius 2 is 1.60 bits per heavy atom. The Bertz CT molecular complexity index is 1780. The molecule has 2 heterocycles. The van der Waals surface area contributed by atoms with Crippen molar-refractivity contribution in [3.63, 3.8) is 0 Å². The van der Waals surface area contributed by atoms with E-state index in [9.17, 15) is 23.1 Å². The lowest BCUT2D eigenvalue weighted by molar-refractivity contribution is -0.143. The molecule has 0 spiro atoms. The lowest BCUT2D eigenvalue weighted by Crippen LogP contribution is -2.47. The minimum atomic E-state index is -4.18. The summed E-state index contributed by atoms with van der Waals surface area (Å²) in [6.07, 6.45) is 3.09. The number of aliphatic carboxylic acids is 1. The minimum Gasteiger partial charge on any atom is -0.480 e. The van der Waals surface area contributed by atoms with Crippen molar-refractivity contribution in [3.05, 3.63) is 115 Å². The van der Waals surface area contributed by atoms with Crippen LogP contribution in [0.25, 0.3) is 22.1 Å². The summed E-state index contributed by atoms with van der Waals surface area (Å²) < 4.78 is 34.1. The number of benzene rings is 3. The molecule has 0 radical (unpaired) electrons. The molecule has 9 nitrogen and oxygen atoms in total. The molecule has 3 aromatic carbocycles. The molecule has 42 heavy (non-hydrogen) atoms. The van der Waals surface area contributed by atoms with Crippen LogP contribution in [-0.2, 0) is 21.4 Å². The van der Waals surface area contributed by atoms with Crippen molar-refractivity contribution in [2.24, 2.45) is 5.92 Å². The first kappa shape index (κ1) is 28.7. The smallest absolute Gasteiger partial charge is 0.322 e. The fraction of sp³-hybridized carbons (Fsp3) is 0.156. The Hall–Kier alpha value is -4.80. The zero-order chi connectivity index (χ0) is 29.9. The van der Waals surface area contributed by atoms with Gasteiger partial charge in [0.2, 0.25) is 10.0 Å². The van der Waals surface area contributed by atoms with Gasteiger partial charge in [-0.1, -0.05) is 62.4 Å². The summed E-state index contributed by atoms with van der Waals surface area (Å²) in [7, 11) is -4.18. The van der Waals surface area contributed by atoms with Crippen LogP contribution >= 0.6 is 0 Å². The molecular weight excluding hydrogens is 554 g/mol. The maximum absolute atomic E-state index is 13.8. The SMILES string of the molecule is CC(C)[C@@H](C(=O)O)N(Cc1cccnc1)S(=O)(=O)c1ccc(-c2ccc(NC(=O)c3cc4ccccc4o3)cc2)cc1. The van der Waals surface area contributed by atoms with Crippen LogP contribution in [0, 0.1) is 5.92 Å². The number of sulfonamides is 1. The highest BCUT2D eigenvalue weighted by atomic mass is 32.2. The molecule has 1 amide bonds. The number of carboxylic acids is 1. The Morgan fingerprint density at radius 1 is 0.929 bits per heavy atom. The van der Waals surface area contributed by atoms with E-state index in [0.29, 0.717) is 16.8 Å². The Kier molecular flexibility index (Phi) is 8.19. The monoisotopic (exact) mass is 583 g/mol. The number of carbonyl (C=O) groups is 2. The normalized spacial score (nSPS) is 12.5. The second-order valence-electron chi connectivity index (χ2n) is 10.1. The van der Waals surface area contributed by atoms with Crippen LogP contribution in [0.4, 0.5) is 5.69 Å². The molecule has 5 aromatic rings. The van der Waals surface area contributed by atoms with Crippen LogP contribution in [0.15, 0.2) is 113 Å². The topological polar surface area (TPSA) is 130 Å². The maximum Gasteiger partial charge on any atom is 0.322 e. The number of pyridine rings is 1. The van der Waals surface area contributed by atoms with Gasteiger partial charge in [-0.3, -0.25) is 14.6 Å². The predicted molar refractivity (Wildman–Crippen MR) is 159 cm³/mol. The van der Waals surface area contributed by atoms with E-state index in [1.54, 1.807) is 68.6 Å². The molecule has 0 saturated heterocycles. The second kappa shape index (κ2) is 12.0. The van der Waals surface area contributed by atoms with E-state index < -0.39 is 28.0 Å². The number of hydrogen-bond acceptors (Lipinski definition) is 6. The number of nitrogens with zero attached hydrogens (tertiary/aromatic N) is 2. The van der Waals surface area contributed by atoms with Gasteiger partial charge in [0.05, 0.1) is 4.90 Å². The van der Waals surface area contributed by atoms with E-state index in [2.05, 4.69) is 10.3 Å². The molecule has 2 aromatic heterocycles. The molecule has 0 saturated carbocycles. The number of para-hydroxylation sites is 1. The lowest BCUT2D eigenvalue weighted by Gasteiger charge is -2.30. The predicted octanol–water partition coefficient (Wildman–Crippen LogP) is 6.05. The molecule has 5 rings (SSSR count). The number of nitrogens with one attached hydrogen (secondary N) is 1. The first-order valence-electron chi connectivity index (χ1n) is 13.3. The summed E-state index contributed by atoms with van der Waals surface area (Å²) in [6.45, 7) is 3.22. The van der Waals surface area contributed by atoms with Gasteiger partial charge in [0.15, 0.2) is 5.76 Å². The third-order valence-corrected chi connectivity index (χ3v) is 8.68. The highest BCUT2D eigenvalue weighted by Crippen LogP contribution is 2.28. The van der Waals surface area contributed by atoms with Crippen molar-refractivity contribution in [2.45, 2.75) is 31.3 Å². The average molecular weight is 584 g/mol. The van der Waals surface area contributed by atoms with Crippen LogP contribution in [0.1, 0.15) is 30.0 Å². The number of aromatic nitrogens is 1. The van der Waals surface area contributed by atoms with E-state index in [4.69, 9.17) is 4.42 Å². The fourth-order valence-corrected chi connectivity index (χ4v) is 6.43. The average Bonchev–Trinajstić information content (AvgIpc) is 3.42. The number of carboxylic acid groups (broad SMARTS) is 1. The summed E-state index contributed by atoms with van der Waals surface area (Å²) in [4.78, 5) is 28.8. The number of fused-ring (bicyclic) bond motifs is 1. The highest BCUT2D eigenvalue weighted by Gasteiger charge is 2.38. The number of anilines is 1. The van der Waals surface area contributed by atoms with Crippen LogP contribution in [-0.4, -0.2) is 40.7 Å². The summed E-state index contributed by atoms with van der Waals surface area (Å²) in [5.41, 5.74) is 3.34. The van der Waals surface area contributed by atoms with Crippen LogP contribution in [0.3, 0.4) is 0 Å². The van der Waals surface area contributed by atoms with E-state index >= 15 is 0 Å². The van der Waals surface area contributed by atoms with Crippen molar-refractivity contribution < 1.29 is 27.5 Å². The quantitative estimate of drug-likeness (QED) is 0.205. The number of hydrogen-bond donors (Lipinski definition) is 2. The summed E-state index contributed by atoms with van der Waals surface area (Å²) >= 11 is 0. The van der Waals surface area contributed by atoms with E-state index in [0.717, 1.165) is 20.8 Å². The molecule has 1 atom stereocenters. The van der Waals surface area contributed by atoms with Gasteiger partial charge in [-0.25, -0.2) is 8.42 Å². The number of furan rings is 1. The molecule has 0 aliphatic rings. The van der Waals surface area contributed by atoms with Crippen molar-refractivity contribution in [3.8, 4) is 11.1 Å². The van der Waals surface area contributed by atoms with Crippen LogP contribution < -0.4 is 5.32 Å². The second-order valence-corrected chi connectivity index (χ2v) is 12.0. The Balaban J connectivity index is 1.34. The van der Waals surface area contributed by atoms with Gasteiger partial charge >= 0.3 is 5.97 Å². The van der Waals surface area contributed by atoms with Crippen LogP contribution in [0.2, 0.25) is 0 Å². The minimum absolute atomic E-state index is 0.0169. The molecular formula is C32H29N3O6S. The standard InChI is InChI=1S/C32H29N3O6S/c1-21(2)30(32(37)38)35(20-22-6-5-17-33-19-22)42(39,40)27-15-11-24(12-16-27)23-9-13-26(14-10-23)34-31(36)29-18-25-7-3-4-8-28(25)41-29/h3-19,21,30H,20H2,1-2H3,(H,34,36)(H,37,38)/t30-/m0/s1. The largest absolute Gasteiger partial charge is 0.480 e. The van der Waals surface area contributed by atoms with Gasteiger partial charge in [-0.05, 0) is 65.1 Å². The number of carbonyl (C=O) groups excluding carboxylic acids is 1. The summed E-state index contributed by atoms with van der Waals surface area (Å²) in [5, 5.41) is 13.6. The van der Waals surface area contributed by atoms with Crippen molar-refractivity contribution >= 4 is 38.6 Å². The Morgan fingerprint density at radius 3 is 2.19 bits per heavy atom. The molecule has 0 aliphatic carbocycles. The number of rotatable bonds is 10. The maximum atomic E-state index is 13.8. The van der Waals surface area contributed by atoms with Gasteiger partial charge in [0.25, 0.3) is 5.91 Å². The first-order valence-corrected chi connectivity index (χ1v) is 14.7. The Labute approximate surface area is 243 Å². The molecule has 214 valence electrons. The number of amides is 1. The van der Waals surface area contributed by atoms with Crippen molar-refractivity contribution in [1.29, 1.82) is 0 Å². The van der Waals surface area contributed by atoms with Gasteiger partial charge in [0, 0.05) is 30.0 Å². The molecule has 0 unspecified atom stereocenters. The van der Waals surface area contributed by atoms with Gasteiger partial charge in [-0.15, -0.1) is 0 Å². The summed E-state index contributed by atoms with van der Waals surface area (Å²) in [5.74, 6) is -1.86. The zero-order valence-electron chi connectivity index (χ0n) is 23.0. The van der Waals surface area contributed by atoms with Crippen LogP contribution in [0.5, 0.6) is 0 Å². The summed E-state index contributed by atoms with van der Waals surface area (Å²) in [6, 6.07) is 24.6. The van der Waals surface area contributed by atoms with Gasteiger partial charge in [0.1, 0.15) is 11.6 Å². The first-order chi connectivity index (χ1) is 20.1. The van der Waals surface area contributed by atoms with Crippen molar-refractivity contribution in [2.75, 3.05) is 5.32 Å². The van der Waals surface area contributed by atoms with E-state index in [1.165, 1.54) is 18.3 Å². The molecule has 0 fully saturated rings. The lowest BCUT2D eigenvalue weighted by atomic mass is 10.0. The van der Waals surface area contributed by atoms with E-state index in [-0.39, 0.29) is 23.1 Å².